The van der Waals surface area contributed by atoms with E-state index >= 15 is 0 Å². The quantitative estimate of drug-likeness (QED) is 0.0811. The summed E-state index contributed by atoms with van der Waals surface area (Å²) >= 11 is 12.5. The summed E-state index contributed by atoms with van der Waals surface area (Å²) < 4.78 is 83.5. The van der Waals surface area contributed by atoms with Crippen molar-refractivity contribution in [3.63, 3.8) is 0 Å². The zero-order chi connectivity index (χ0) is 40.6. The Hall–Kier alpha value is -4.40. The summed E-state index contributed by atoms with van der Waals surface area (Å²) in [7, 11) is -10.0. The van der Waals surface area contributed by atoms with E-state index in [0.29, 0.717) is 11.5 Å². The monoisotopic (exact) mass is 900 g/mol. The van der Waals surface area contributed by atoms with Crippen molar-refractivity contribution in [1.29, 1.82) is 0 Å². The van der Waals surface area contributed by atoms with Crippen LogP contribution >= 0.6 is 23.2 Å². The first-order valence-electron chi connectivity index (χ1n) is 16.9. The molecule has 8 aromatic rings. The van der Waals surface area contributed by atoms with Gasteiger partial charge < -0.3 is 23.0 Å². The van der Waals surface area contributed by atoms with E-state index in [1.165, 1.54) is 36.4 Å². The molecule has 0 radical (unpaired) electrons. The molecule has 0 aliphatic heterocycles. The maximum Gasteiger partial charge on any atom is 1.00 e. The van der Waals surface area contributed by atoms with Crippen molar-refractivity contribution >= 4 is 88.3 Å². The molecule has 0 saturated carbocycles. The number of hydrogen-bond acceptors (Lipinski definition) is 12. The second kappa shape index (κ2) is 18.7. The molecule has 14 nitrogen and oxygen atoms in total. The predicted octanol–water partition coefficient (Wildman–Crippen LogP) is 4.35. The number of aromatic nitrogens is 4. The van der Waals surface area contributed by atoms with Gasteiger partial charge in [0, 0.05) is 34.6 Å². The van der Waals surface area contributed by atoms with Crippen molar-refractivity contribution < 1.29 is 97.4 Å². The SMILES string of the molecule is O=S(=O)(O)c1cc(Nc2nc(Cl)cc(Oc3ccc4ccccc4c3)n2)ccc1-c1ccc(Nc2nc(Cl)cc(Oc3ccc4ccccc4c3)n2)cc1S(=O)(=O)O.[H-].[H-].[Na+].[Na+]. The van der Waals surface area contributed by atoms with Gasteiger partial charge in [0.25, 0.3) is 20.2 Å². The molecule has 4 N–H and O–H groups in total. The van der Waals surface area contributed by atoms with E-state index < -0.39 is 30.0 Å². The van der Waals surface area contributed by atoms with Crippen molar-refractivity contribution in [2.45, 2.75) is 9.79 Å². The van der Waals surface area contributed by atoms with Crippen LogP contribution in [0.5, 0.6) is 23.3 Å². The second-order valence-corrected chi connectivity index (χ2v) is 16.1. The fourth-order valence-electron chi connectivity index (χ4n) is 6.04. The Kier molecular flexibility index (Phi) is 14.1. The van der Waals surface area contributed by atoms with Gasteiger partial charge in [0.1, 0.15) is 31.6 Å². The molecule has 60 heavy (non-hydrogen) atoms. The van der Waals surface area contributed by atoms with Gasteiger partial charge in [0.2, 0.25) is 23.7 Å². The first-order chi connectivity index (χ1) is 27.7. The van der Waals surface area contributed by atoms with Gasteiger partial charge in [-0.2, -0.15) is 26.8 Å². The second-order valence-electron chi connectivity index (χ2n) is 12.5. The molecule has 2 aromatic heterocycles. The van der Waals surface area contributed by atoms with Gasteiger partial charge in [-0.3, -0.25) is 9.11 Å². The Balaban J connectivity index is 0.00000211. The standard InChI is InChI=1S/C40H26Cl2N6O8S2.2Na.2H/c41-35-21-37(55-29-13-9-23-5-1-3-7-25(23)17-29)47-39(45-35)43-27-11-15-31(33(19-27)57(49,50)51)32-16-12-28(20-34(32)58(52,53)54)44-40-46-36(42)22-38(48-40)56-30-14-10-24-6-2-4-8-26(24)18-30;;;;/h1-22H,(H,43,45,47)(H,44,46,48)(H,49,50,51)(H,52,53,54);;;;/q;2*+1;2*-1. The van der Waals surface area contributed by atoms with Gasteiger partial charge in [-0.15, -0.1) is 0 Å². The molecule has 0 atom stereocenters. The van der Waals surface area contributed by atoms with E-state index in [-0.39, 0.29) is 118 Å². The van der Waals surface area contributed by atoms with Crippen LogP contribution < -0.4 is 79.2 Å². The first-order valence-corrected chi connectivity index (χ1v) is 20.6. The molecule has 0 aliphatic rings. The molecule has 0 saturated heterocycles. The number of fused-ring (bicyclic) bond motifs is 2. The number of nitrogens with one attached hydrogen (secondary N) is 2. The number of benzene rings is 6. The molecule has 0 bridgehead atoms. The predicted molar refractivity (Wildman–Crippen MR) is 222 cm³/mol. The summed E-state index contributed by atoms with van der Waals surface area (Å²) in [5.41, 5.74) is -0.377. The molecule has 8 rings (SSSR count). The van der Waals surface area contributed by atoms with Crippen LogP contribution in [0.3, 0.4) is 0 Å². The Morgan fingerprint density at radius 1 is 0.483 bits per heavy atom. The van der Waals surface area contributed by atoms with E-state index in [2.05, 4.69) is 30.6 Å². The van der Waals surface area contributed by atoms with E-state index in [9.17, 15) is 25.9 Å². The van der Waals surface area contributed by atoms with Crippen LogP contribution in [-0.2, 0) is 20.2 Å². The zero-order valence-corrected chi connectivity index (χ0v) is 38.6. The molecule has 0 amide bonds. The van der Waals surface area contributed by atoms with E-state index in [1.54, 1.807) is 12.1 Å². The third-order valence-corrected chi connectivity index (χ3v) is 10.7. The zero-order valence-electron chi connectivity index (χ0n) is 33.4. The van der Waals surface area contributed by atoms with Crippen molar-refractivity contribution in [2.24, 2.45) is 0 Å². The van der Waals surface area contributed by atoms with E-state index in [4.69, 9.17) is 32.7 Å². The number of ether oxygens (including phenoxy) is 2. The molecule has 0 aliphatic carbocycles. The maximum atomic E-state index is 12.8. The van der Waals surface area contributed by atoms with Crippen LogP contribution in [0.4, 0.5) is 23.3 Å². The Morgan fingerprint density at radius 3 is 1.25 bits per heavy atom. The van der Waals surface area contributed by atoms with E-state index in [1.807, 2.05) is 72.8 Å². The van der Waals surface area contributed by atoms with Crippen LogP contribution in [0.1, 0.15) is 2.85 Å². The molecule has 2 heterocycles. The summed E-state index contributed by atoms with van der Waals surface area (Å²) in [5, 5.41) is 9.56. The van der Waals surface area contributed by atoms with Crippen LogP contribution in [0.2, 0.25) is 10.3 Å². The fraction of sp³-hybridized carbons (Fsp3) is 0. The van der Waals surface area contributed by atoms with Crippen LogP contribution in [0, 0.1) is 0 Å². The normalized spacial score (nSPS) is 11.3. The van der Waals surface area contributed by atoms with Crippen LogP contribution in [-0.4, -0.2) is 45.9 Å². The minimum atomic E-state index is -5.01. The Bertz CT molecular complexity index is 2950. The average molecular weight is 902 g/mol. The Morgan fingerprint density at radius 2 is 0.867 bits per heavy atom. The summed E-state index contributed by atoms with van der Waals surface area (Å²) in [6.45, 7) is 0. The first kappa shape index (κ1) is 45.1. The van der Waals surface area contributed by atoms with Gasteiger partial charge >= 0.3 is 59.1 Å². The number of hydrogen-bond donors (Lipinski definition) is 4. The molecular formula is C40H28Cl2N6Na2O8S2. The van der Waals surface area contributed by atoms with Gasteiger partial charge in [-0.05, 0) is 70.1 Å². The van der Waals surface area contributed by atoms with Gasteiger partial charge in [0.15, 0.2) is 0 Å². The molecule has 294 valence electrons. The van der Waals surface area contributed by atoms with Gasteiger partial charge in [-0.25, -0.2) is 9.97 Å². The molecule has 0 fully saturated rings. The topological polar surface area (TPSA) is 203 Å². The summed E-state index contributed by atoms with van der Waals surface area (Å²) in [5.74, 6) is 0.939. The van der Waals surface area contributed by atoms with Gasteiger partial charge in [0.05, 0.1) is 0 Å². The molecule has 20 heteroatoms. The van der Waals surface area contributed by atoms with Crippen LogP contribution in [0.15, 0.2) is 143 Å². The number of halogens is 2. The smallest absolute Gasteiger partial charge is 1.00 e. The minimum Gasteiger partial charge on any atom is -1.00 e. The maximum absolute atomic E-state index is 12.8. The number of anilines is 4. The van der Waals surface area contributed by atoms with Crippen molar-refractivity contribution in [2.75, 3.05) is 10.6 Å². The molecule has 0 spiro atoms. The van der Waals surface area contributed by atoms with Crippen molar-refractivity contribution in [3.8, 4) is 34.4 Å². The van der Waals surface area contributed by atoms with Crippen molar-refractivity contribution in [3.05, 3.63) is 144 Å². The van der Waals surface area contributed by atoms with E-state index in [0.717, 1.165) is 33.7 Å². The van der Waals surface area contributed by atoms with Gasteiger partial charge in [-0.1, -0.05) is 96.0 Å². The molecular weight excluding hydrogens is 873 g/mol. The number of nitrogens with zero attached hydrogens (tertiary/aromatic N) is 4. The molecule has 0 unspecified atom stereocenters. The third-order valence-electron chi connectivity index (χ3n) is 8.55. The van der Waals surface area contributed by atoms with Crippen molar-refractivity contribution in [1.82, 2.24) is 19.9 Å². The summed E-state index contributed by atoms with van der Waals surface area (Å²) in [6.07, 6.45) is 0. The Labute approximate surface area is 400 Å². The summed E-state index contributed by atoms with van der Waals surface area (Å²) in [4.78, 5) is 15.5. The summed E-state index contributed by atoms with van der Waals surface area (Å²) in [6, 6.07) is 36.4. The van der Waals surface area contributed by atoms with Crippen LogP contribution in [0.25, 0.3) is 32.7 Å². The third kappa shape index (κ3) is 10.7. The minimum absolute atomic E-state index is 0. The largest absolute Gasteiger partial charge is 1.00 e. The number of rotatable bonds is 11. The fourth-order valence-corrected chi connectivity index (χ4v) is 7.85. The molecule has 6 aromatic carbocycles. The average Bonchev–Trinajstić information content (AvgIpc) is 3.17.